The summed E-state index contributed by atoms with van der Waals surface area (Å²) in [5.74, 6) is 4.28. The third kappa shape index (κ3) is 8.36. The maximum atomic E-state index is 6.78. The van der Waals surface area contributed by atoms with Gasteiger partial charge in [0.25, 0.3) is 0 Å². The summed E-state index contributed by atoms with van der Waals surface area (Å²) < 4.78 is 15.9. The van der Waals surface area contributed by atoms with Crippen LogP contribution in [-0.2, 0) is 0 Å². The number of imidazole rings is 1. The van der Waals surface area contributed by atoms with Crippen LogP contribution in [0, 0.1) is 0 Å². The van der Waals surface area contributed by atoms with Crippen molar-refractivity contribution in [1.29, 1.82) is 0 Å². The Morgan fingerprint density at radius 2 is 0.970 bits per heavy atom. The van der Waals surface area contributed by atoms with Gasteiger partial charge in [-0.2, -0.15) is 0 Å². The van der Waals surface area contributed by atoms with Crippen molar-refractivity contribution in [1.82, 2.24) is 14.5 Å². The normalized spacial score (nSPS) is 11.8. The molecule has 0 aliphatic rings. The minimum absolute atomic E-state index is 0.266. The van der Waals surface area contributed by atoms with Crippen LogP contribution in [0.25, 0.3) is 83.9 Å². The number of aromatic nitrogens is 3. The molecule has 3 heterocycles. The predicted octanol–water partition coefficient (Wildman–Crippen LogP) is 17.8. The molecule has 5 heteroatoms. The van der Waals surface area contributed by atoms with E-state index in [0.717, 1.165) is 56.2 Å². The van der Waals surface area contributed by atoms with Crippen LogP contribution in [0.4, 0.5) is 0 Å². The van der Waals surface area contributed by atoms with Gasteiger partial charge in [-0.25, -0.2) is 4.98 Å². The summed E-state index contributed by atoms with van der Waals surface area (Å²) in [5.41, 5.74) is 18.0. The first-order valence-corrected chi connectivity index (χ1v) is 23.7. The molecule has 0 amide bonds. The Bertz CT molecular complexity index is 3330. The Hall–Kier alpha value is -7.50. The Morgan fingerprint density at radius 3 is 1.55 bits per heavy atom. The van der Waals surface area contributed by atoms with Gasteiger partial charge in [-0.1, -0.05) is 165 Å². The van der Waals surface area contributed by atoms with Crippen molar-refractivity contribution in [2.45, 2.75) is 79.1 Å². The van der Waals surface area contributed by atoms with Gasteiger partial charge in [-0.15, -0.1) is 0 Å². The molecule has 0 fully saturated rings. The lowest BCUT2D eigenvalue weighted by atomic mass is 9.84. The Labute approximate surface area is 394 Å². The zero-order chi connectivity index (χ0) is 46.3. The number of para-hydroxylation sites is 2. The average Bonchev–Trinajstić information content (AvgIpc) is 3.96. The van der Waals surface area contributed by atoms with Gasteiger partial charge >= 0.3 is 0 Å². The zero-order valence-corrected chi connectivity index (χ0v) is 39.7. The highest BCUT2D eigenvalue weighted by Gasteiger charge is 2.25. The van der Waals surface area contributed by atoms with Crippen molar-refractivity contribution in [3.8, 4) is 73.4 Å². The number of hydrogen-bond donors (Lipinski definition) is 0. The van der Waals surface area contributed by atoms with E-state index in [-0.39, 0.29) is 23.7 Å². The highest BCUT2D eigenvalue weighted by Crippen LogP contribution is 2.44. The van der Waals surface area contributed by atoms with E-state index in [1.54, 1.807) is 0 Å². The number of fused-ring (bicyclic) bond motifs is 2. The molecule has 0 N–H and O–H groups in total. The molecule has 10 rings (SSSR count). The van der Waals surface area contributed by atoms with Gasteiger partial charge in [0.05, 0.1) is 22.4 Å². The Balaban J connectivity index is 1.03. The molecule has 0 saturated carbocycles. The smallest absolute Gasteiger partial charge is 0.145 e. The summed E-state index contributed by atoms with van der Waals surface area (Å²) in [6, 6.07) is 59.9. The maximum Gasteiger partial charge on any atom is 0.145 e. The Morgan fingerprint density at radius 1 is 0.463 bits per heavy atom. The molecule has 0 spiro atoms. The average molecular weight is 876 g/mol. The molecule has 5 nitrogen and oxygen atoms in total. The molecule has 67 heavy (non-hydrogen) atoms. The van der Waals surface area contributed by atoms with Gasteiger partial charge in [0, 0.05) is 28.3 Å². The van der Waals surface area contributed by atoms with E-state index < -0.39 is 0 Å². The minimum Gasteiger partial charge on any atom is -0.457 e. The monoisotopic (exact) mass is 875 g/mol. The first-order chi connectivity index (χ1) is 32.5. The van der Waals surface area contributed by atoms with E-state index in [1.165, 1.54) is 55.8 Å². The van der Waals surface area contributed by atoms with E-state index in [9.17, 15) is 0 Å². The van der Waals surface area contributed by atoms with E-state index >= 15 is 0 Å². The first kappa shape index (κ1) is 43.4. The lowest BCUT2D eigenvalue weighted by Crippen LogP contribution is -2.09. The minimum atomic E-state index is 0.266. The highest BCUT2D eigenvalue weighted by molar-refractivity contribution is 5.95. The van der Waals surface area contributed by atoms with Crippen molar-refractivity contribution in [3.63, 3.8) is 0 Å². The molecule has 3 aromatic heterocycles. The SMILES string of the molecule is CC(C)c1cc(-c2ccccc2)cc(C(C)C)c1-c1cc2c(-c3cccc(Oc4cccc(-c5nc6ccccc6n5-c5c(C(C)C)cc(-c6ccccc6)cc5C(C)C)c4)c3)nccc2o1. The van der Waals surface area contributed by atoms with Gasteiger partial charge < -0.3 is 9.15 Å². The third-order valence-electron chi connectivity index (χ3n) is 13.0. The van der Waals surface area contributed by atoms with E-state index in [1.807, 2.05) is 30.5 Å². The molecule has 0 unspecified atom stereocenters. The standard InChI is InChI=1S/C62H57N3O2/c1-38(2)50-33-46(42-19-11-9-12-20-42)34-51(39(3)4)59(50)58-37-54-57(67-58)29-30-63-60(54)44-23-17-25-48(31-44)66-49-26-18-24-45(32-49)62-64-55-27-15-16-28-56(55)65(62)61-52(40(5)6)35-47(36-53(61)41(7)8)43-21-13-10-14-22-43/h9-41H,1-8H3. The van der Waals surface area contributed by atoms with Gasteiger partial charge in [0.15, 0.2) is 0 Å². The highest BCUT2D eigenvalue weighted by atomic mass is 16.5. The summed E-state index contributed by atoms with van der Waals surface area (Å²) in [6.45, 7) is 18.2. The number of nitrogens with zero attached hydrogens (tertiary/aromatic N) is 3. The van der Waals surface area contributed by atoms with Crippen LogP contribution in [0.2, 0.25) is 0 Å². The summed E-state index contributed by atoms with van der Waals surface area (Å²) in [6.07, 6.45) is 1.84. The largest absolute Gasteiger partial charge is 0.457 e. The summed E-state index contributed by atoms with van der Waals surface area (Å²) >= 11 is 0. The van der Waals surface area contributed by atoms with Crippen LogP contribution in [0.3, 0.4) is 0 Å². The molecule has 10 aromatic rings. The quantitative estimate of drug-likeness (QED) is 0.123. The van der Waals surface area contributed by atoms with E-state index in [2.05, 4.69) is 206 Å². The Kier molecular flexibility index (Phi) is 11.7. The van der Waals surface area contributed by atoms with Gasteiger partial charge in [0.1, 0.15) is 28.7 Å². The van der Waals surface area contributed by atoms with Crippen LogP contribution in [0.5, 0.6) is 11.5 Å². The second-order valence-electron chi connectivity index (χ2n) is 19.0. The lowest BCUT2D eigenvalue weighted by Gasteiger charge is -2.24. The molecule has 7 aromatic carbocycles. The van der Waals surface area contributed by atoms with Crippen molar-refractivity contribution < 1.29 is 9.15 Å². The lowest BCUT2D eigenvalue weighted by molar-refractivity contribution is 0.483. The molecule has 332 valence electrons. The van der Waals surface area contributed by atoms with Crippen LogP contribution in [-0.4, -0.2) is 14.5 Å². The van der Waals surface area contributed by atoms with Crippen LogP contribution in [0.1, 0.15) is 101 Å². The van der Waals surface area contributed by atoms with Crippen LogP contribution >= 0.6 is 0 Å². The van der Waals surface area contributed by atoms with Crippen molar-refractivity contribution in [2.24, 2.45) is 0 Å². The van der Waals surface area contributed by atoms with Gasteiger partial charge in [-0.3, -0.25) is 9.55 Å². The first-order valence-electron chi connectivity index (χ1n) is 23.7. The van der Waals surface area contributed by atoms with Crippen LogP contribution < -0.4 is 4.74 Å². The molecule has 0 saturated heterocycles. The van der Waals surface area contributed by atoms with Crippen molar-refractivity contribution in [3.05, 3.63) is 198 Å². The fourth-order valence-corrected chi connectivity index (χ4v) is 9.60. The second kappa shape index (κ2) is 18.1. The molecular weight excluding hydrogens is 819 g/mol. The molecule has 0 bridgehead atoms. The topological polar surface area (TPSA) is 53.1 Å². The predicted molar refractivity (Wildman–Crippen MR) is 279 cm³/mol. The van der Waals surface area contributed by atoms with Crippen LogP contribution in [0.15, 0.2) is 180 Å². The molecular formula is C62H57N3O2. The second-order valence-corrected chi connectivity index (χ2v) is 19.0. The maximum absolute atomic E-state index is 6.78. The summed E-state index contributed by atoms with van der Waals surface area (Å²) in [7, 11) is 0. The fraction of sp³-hybridized carbons (Fsp3) is 0.194. The summed E-state index contributed by atoms with van der Waals surface area (Å²) in [4.78, 5) is 10.3. The van der Waals surface area contributed by atoms with Gasteiger partial charge in [0.2, 0.25) is 0 Å². The number of furan rings is 1. The molecule has 0 atom stereocenters. The number of ether oxygens (including phenoxy) is 1. The number of rotatable bonds is 12. The summed E-state index contributed by atoms with van der Waals surface area (Å²) in [5, 5.41) is 0.963. The van der Waals surface area contributed by atoms with Crippen molar-refractivity contribution in [2.75, 3.05) is 0 Å². The number of hydrogen-bond acceptors (Lipinski definition) is 4. The zero-order valence-electron chi connectivity index (χ0n) is 39.7. The molecule has 0 radical (unpaired) electrons. The molecule has 0 aliphatic heterocycles. The third-order valence-corrected chi connectivity index (χ3v) is 13.0. The fourth-order valence-electron chi connectivity index (χ4n) is 9.60. The van der Waals surface area contributed by atoms with E-state index in [0.29, 0.717) is 5.75 Å². The number of benzene rings is 7. The van der Waals surface area contributed by atoms with Gasteiger partial charge in [-0.05, 0) is 129 Å². The van der Waals surface area contributed by atoms with E-state index in [4.69, 9.17) is 19.1 Å². The molecule has 0 aliphatic carbocycles. The number of pyridine rings is 1. The van der Waals surface area contributed by atoms with Crippen molar-refractivity contribution >= 4 is 22.0 Å².